The van der Waals surface area contributed by atoms with E-state index in [4.69, 9.17) is 0 Å². The maximum absolute atomic E-state index is 9.30. The van der Waals surface area contributed by atoms with Crippen molar-refractivity contribution in [3.05, 3.63) is 0 Å². The molecule has 1 rings (SSSR count). The minimum absolute atomic E-state index is 0.0998. The molecule has 0 spiro atoms. The molecule has 5 heteroatoms. The van der Waals surface area contributed by atoms with Gasteiger partial charge in [0.1, 0.15) is 0 Å². The van der Waals surface area contributed by atoms with Gasteiger partial charge in [-0.25, -0.2) is 0 Å². The van der Waals surface area contributed by atoms with Crippen LogP contribution in [0.2, 0.25) is 0 Å². The van der Waals surface area contributed by atoms with Gasteiger partial charge in [-0.15, -0.1) is 0 Å². The van der Waals surface area contributed by atoms with Crippen molar-refractivity contribution in [2.24, 2.45) is 5.41 Å². The molecule has 0 bridgehead atoms. The van der Waals surface area contributed by atoms with Crippen molar-refractivity contribution < 1.29 is 10.2 Å². The number of nitrogens with zero attached hydrogens (tertiary/aromatic N) is 3. The van der Waals surface area contributed by atoms with Gasteiger partial charge in [0.15, 0.2) is 0 Å². The van der Waals surface area contributed by atoms with Gasteiger partial charge in [0.05, 0.1) is 13.5 Å². The Bertz CT molecular complexity index is 215. The van der Waals surface area contributed by atoms with Crippen LogP contribution in [0, 0.1) is 5.41 Å². The summed E-state index contributed by atoms with van der Waals surface area (Å²) in [5.41, 5.74) is 0.280. The topological polar surface area (TPSA) is 50.2 Å². The molecular weight excluding hydrogens is 230 g/mol. The van der Waals surface area contributed by atoms with Gasteiger partial charge in [-0.2, -0.15) is 0 Å². The highest BCUT2D eigenvalue weighted by Gasteiger charge is 2.19. The van der Waals surface area contributed by atoms with Crippen LogP contribution in [0.3, 0.4) is 0 Å². The van der Waals surface area contributed by atoms with E-state index in [0.717, 1.165) is 45.8 Å². The third kappa shape index (κ3) is 6.11. The first-order valence-electron chi connectivity index (χ1n) is 6.83. The molecule has 0 aromatic rings. The molecule has 0 atom stereocenters. The van der Waals surface area contributed by atoms with Gasteiger partial charge in [-0.3, -0.25) is 9.80 Å². The first-order valence-corrected chi connectivity index (χ1v) is 6.83. The summed E-state index contributed by atoms with van der Waals surface area (Å²) < 4.78 is 0. The van der Waals surface area contributed by atoms with E-state index in [0.29, 0.717) is 0 Å². The second-order valence-electron chi connectivity index (χ2n) is 6.36. The Labute approximate surface area is 111 Å². The van der Waals surface area contributed by atoms with E-state index in [1.54, 1.807) is 0 Å². The third-order valence-electron chi connectivity index (χ3n) is 3.30. The van der Waals surface area contributed by atoms with Crippen molar-refractivity contribution in [3.63, 3.8) is 0 Å². The molecule has 108 valence electrons. The van der Waals surface area contributed by atoms with Crippen LogP contribution in [0.5, 0.6) is 0 Å². The third-order valence-corrected chi connectivity index (χ3v) is 3.30. The molecule has 1 saturated heterocycles. The summed E-state index contributed by atoms with van der Waals surface area (Å²) in [6.07, 6.45) is 0. The van der Waals surface area contributed by atoms with Crippen LogP contribution in [-0.2, 0) is 0 Å². The molecule has 1 aliphatic heterocycles. The predicted molar refractivity (Wildman–Crippen MR) is 73.2 cm³/mol. The molecule has 0 saturated carbocycles. The molecule has 18 heavy (non-hydrogen) atoms. The first-order chi connectivity index (χ1) is 8.44. The summed E-state index contributed by atoms with van der Waals surface area (Å²) in [5, 5.41) is 18.6. The van der Waals surface area contributed by atoms with E-state index in [1.165, 1.54) is 0 Å². The fourth-order valence-corrected chi connectivity index (χ4v) is 2.30. The Hall–Kier alpha value is -0.200. The Morgan fingerprint density at radius 3 is 1.33 bits per heavy atom. The van der Waals surface area contributed by atoms with Crippen molar-refractivity contribution >= 4 is 0 Å². The zero-order valence-electron chi connectivity index (χ0n) is 12.1. The van der Waals surface area contributed by atoms with Gasteiger partial charge in [0.25, 0.3) is 0 Å². The van der Waals surface area contributed by atoms with Crippen LogP contribution in [0.4, 0.5) is 0 Å². The molecule has 0 aromatic heterocycles. The zero-order chi connectivity index (χ0) is 13.6. The highest BCUT2D eigenvalue weighted by atomic mass is 16.3. The van der Waals surface area contributed by atoms with Crippen LogP contribution in [-0.4, -0.2) is 84.2 Å². The minimum atomic E-state index is 0.0998. The maximum Gasteiger partial charge on any atom is 0.0957 e. The van der Waals surface area contributed by atoms with Crippen LogP contribution in [0.15, 0.2) is 0 Å². The normalized spacial score (nSPS) is 22.5. The van der Waals surface area contributed by atoms with Crippen LogP contribution in [0.25, 0.3) is 0 Å². The fraction of sp³-hybridized carbons (Fsp3) is 1.00. The lowest BCUT2D eigenvalue weighted by molar-refractivity contribution is 0.0723. The average molecular weight is 259 g/mol. The first kappa shape index (κ1) is 15.9. The lowest BCUT2D eigenvalue weighted by Crippen LogP contribution is -2.40. The number of hydrogen-bond donors (Lipinski definition) is 2. The van der Waals surface area contributed by atoms with E-state index in [1.807, 2.05) is 9.80 Å². The lowest BCUT2D eigenvalue weighted by atomic mass is 9.96. The van der Waals surface area contributed by atoms with Crippen molar-refractivity contribution in [1.82, 2.24) is 14.7 Å². The predicted octanol–water partition coefficient (Wildman–Crippen LogP) is -0.148. The second kappa shape index (κ2) is 7.40. The van der Waals surface area contributed by atoms with Crippen molar-refractivity contribution in [2.45, 2.75) is 20.8 Å². The molecule has 0 unspecified atom stereocenters. The lowest BCUT2D eigenvalue weighted by Gasteiger charge is -2.31. The van der Waals surface area contributed by atoms with Crippen LogP contribution >= 0.6 is 0 Å². The van der Waals surface area contributed by atoms with Gasteiger partial charge in [0.2, 0.25) is 0 Å². The summed E-state index contributed by atoms with van der Waals surface area (Å²) in [4.78, 5) is 6.49. The van der Waals surface area contributed by atoms with Gasteiger partial charge < -0.3 is 15.1 Å². The molecular formula is C13H29N3O2. The SMILES string of the molecule is CC(C)(C)CN1CCN(CO)CCN(CO)CC1. The summed E-state index contributed by atoms with van der Waals surface area (Å²) in [6.45, 7) is 13.4. The van der Waals surface area contributed by atoms with Gasteiger partial charge in [-0.1, -0.05) is 20.8 Å². The molecule has 0 radical (unpaired) electrons. The molecule has 0 aromatic carbocycles. The summed E-state index contributed by atoms with van der Waals surface area (Å²) >= 11 is 0. The number of rotatable bonds is 3. The maximum atomic E-state index is 9.30. The van der Waals surface area contributed by atoms with Crippen molar-refractivity contribution in [2.75, 3.05) is 59.3 Å². The molecule has 0 aliphatic carbocycles. The van der Waals surface area contributed by atoms with Crippen LogP contribution < -0.4 is 0 Å². The smallest absolute Gasteiger partial charge is 0.0957 e. The Kier molecular flexibility index (Phi) is 6.52. The van der Waals surface area contributed by atoms with Crippen molar-refractivity contribution in [3.8, 4) is 0 Å². The summed E-state index contributed by atoms with van der Waals surface area (Å²) in [5.74, 6) is 0. The number of aliphatic hydroxyl groups is 2. The highest BCUT2D eigenvalue weighted by molar-refractivity contribution is 4.73. The van der Waals surface area contributed by atoms with Gasteiger partial charge in [-0.05, 0) is 5.41 Å². The highest BCUT2D eigenvalue weighted by Crippen LogP contribution is 2.15. The van der Waals surface area contributed by atoms with Crippen molar-refractivity contribution in [1.29, 1.82) is 0 Å². The summed E-state index contributed by atoms with van der Waals surface area (Å²) in [7, 11) is 0. The Morgan fingerprint density at radius 2 is 1.06 bits per heavy atom. The molecule has 1 aliphatic rings. The van der Waals surface area contributed by atoms with E-state index >= 15 is 0 Å². The fourth-order valence-electron chi connectivity index (χ4n) is 2.30. The molecule has 1 fully saturated rings. The average Bonchev–Trinajstić information content (AvgIpc) is 2.38. The largest absolute Gasteiger partial charge is 0.381 e. The Balaban J connectivity index is 2.57. The zero-order valence-corrected chi connectivity index (χ0v) is 12.1. The van der Waals surface area contributed by atoms with E-state index in [2.05, 4.69) is 25.7 Å². The van der Waals surface area contributed by atoms with E-state index < -0.39 is 0 Å². The standard InChI is InChI=1S/C13H29N3O2/c1-13(2,3)10-14-4-6-15(11-17)8-9-16(12-18)7-5-14/h17-18H,4-12H2,1-3H3. The quantitative estimate of drug-likeness (QED) is 0.738. The molecule has 2 N–H and O–H groups in total. The van der Waals surface area contributed by atoms with Crippen LogP contribution in [0.1, 0.15) is 20.8 Å². The molecule has 5 nitrogen and oxygen atoms in total. The second-order valence-corrected chi connectivity index (χ2v) is 6.36. The van der Waals surface area contributed by atoms with E-state index in [-0.39, 0.29) is 18.9 Å². The monoisotopic (exact) mass is 259 g/mol. The number of aliphatic hydroxyl groups excluding tert-OH is 2. The molecule has 0 amide bonds. The van der Waals surface area contributed by atoms with Gasteiger partial charge in [0, 0.05) is 45.8 Å². The molecule has 1 heterocycles. The summed E-state index contributed by atoms with van der Waals surface area (Å²) in [6, 6.07) is 0. The van der Waals surface area contributed by atoms with E-state index in [9.17, 15) is 10.2 Å². The van der Waals surface area contributed by atoms with Gasteiger partial charge >= 0.3 is 0 Å². The minimum Gasteiger partial charge on any atom is -0.381 e. The number of hydrogen-bond acceptors (Lipinski definition) is 5. The Morgan fingerprint density at radius 1 is 0.722 bits per heavy atom.